The van der Waals surface area contributed by atoms with Crippen LogP contribution in [0.4, 0.5) is 5.69 Å². The van der Waals surface area contributed by atoms with E-state index in [4.69, 9.17) is 18.9 Å². The first kappa shape index (κ1) is 21.9. The number of aliphatic hydroxyl groups is 1. The second kappa shape index (κ2) is 8.13. The number of esters is 2. The van der Waals surface area contributed by atoms with Crippen molar-refractivity contribution in [2.45, 2.75) is 56.4 Å². The molecule has 0 radical (unpaired) electrons. The van der Waals surface area contributed by atoms with Gasteiger partial charge < -0.3 is 24.1 Å². The van der Waals surface area contributed by atoms with Gasteiger partial charge in [0.15, 0.2) is 11.4 Å². The molecule has 1 aromatic carbocycles. The number of non-ortho nitro benzene ring substituents is 1. The lowest BCUT2D eigenvalue weighted by Gasteiger charge is -2.39. The number of nitro groups is 1. The van der Waals surface area contributed by atoms with Crippen molar-refractivity contribution in [3.8, 4) is 0 Å². The van der Waals surface area contributed by atoms with E-state index >= 15 is 0 Å². The van der Waals surface area contributed by atoms with Gasteiger partial charge in [-0.05, 0) is 37.6 Å². The van der Waals surface area contributed by atoms with Crippen LogP contribution in [0.3, 0.4) is 0 Å². The number of nitro benzene ring substituents is 1. The highest BCUT2D eigenvalue weighted by molar-refractivity contribution is 5.87. The van der Waals surface area contributed by atoms with Gasteiger partial charge in [0.25, 0.3) is 5.69 Å². The van der Waals surface area contributed by atoms with Crippen LogP contribution >= 0.6 is 0 Å². The van der Waals surface area contributed by atoms with E-state index in [9.17, 15) is 24.8 Å². The lowest BCUT2D eigenvalue weighted by Crippen LogP contribution is -2.56. The maximum atomic E-state index is 12.3. The van der Waals surface area contributed by atoms with E-state index in [1.54, 1.807) is 13.8 Å². The Balaban J connectivity index is 1.72. The van der Waals surface area contributed by atoms with Crippen LogP contribution in [-0.4, -0.2) is 58.8 Å². The number of fused-ring (bicyclic) bond motifs is 1. The predicted octanol–water partition coefficient (Wildman–Crippen LogP) is 1.74. The SMILES string of the molecule is COC(=O)[C@@]1(O)C[C@@H](OC(=O)/C=C/c2ccc([N+](=O)[O-])cc2)[C@@H]2OC(C)(C)O[C@@H]2C1. The Morgan fingerprint density at radius 2 is 1.90 bits per heavy atom. The number of carbonyl (C=O) groups excluding carboxylic acids is 2. The lowest BCUT2D eigenvalue weighted by molar-refractivity contribution is -0.384. The number of hydrogen-bond acceptors (Lipinski definition) is 9. The minimum Gasteiger partial charge on any atom is -0.467 e. The molecule has 1 saturated heterocycles. The van der Waals surface area contributed by atoms with E-state index in [2.05, 4.69) is 0 Å². The van der Waals surface area contributed by atoms with Crippen LogP contribution in [0.2, 0.25) is 0 Å². The molecule has 0 amide bonds. The van der Waals surface area contributed by atoms with Crippen molar-refractivity contribution in [2.24, 2.45) is 0 Å². The first-order valence-corrected chi connectivity index (χ1v) is 9.32. The summed E-state index contributed by atoms with van der Waals surface area (Å²) in [7, 11) is 1.16. The fourth-order valence-electron chi connectivity index (χ4n) is 3.73. The molecular formula is C20H23NO9. The largest absolute Gasteiger partial charge is 0.467 e. The minimum atomic E-state index is -1.87. The molecule has 1 heterocycles. The highest BCUT2D eigenvalue weighted by atomic mass is 16.8. The molecule has 0 spiro atoms. The highest BCUT2D eigenvalue weighted by Gasteiger charge is 2.58. The molecule has 1 N–H and O–H groups in total. The van der Waals surface area contributed by atoms with Gasteiger partial charge >= 0.3 is 11.9 Å². The summed E-state index contributed by atoms with van der Waals surface area (Å²) in [5, 5.41) is 21.4. The van der Waals surface area contributed by atoms with Crippen molar-refractivity contribution in [2.75, 3.05) is 7.11 Å². The summed E-state index contributed by atoms with van der Waals surface area (Å²) >= 11 is 0. The van der Waals surface area contributed by atoms with Gasteiger partial charge in [-0.2, -0.15) is 0 Å². The molecule has 1 aliphatic heterocycles. The number of ether oxygens (including phenoxy) is 4. The number of benzene rings is 1. The van der Waals surface area contributed by atoms with Crippen LogP contribution in [0.15, 0.2) is 30.3 Å². The number of carbonyl (C=O) groups is 2. The molecule has 1 aliphatic carbocycles. The maximum Gasteiger partial charge on any atom is 0.338 e. The third-order valence-electron chi connectivity index (χ3n) is 5.01. The molecule has 2 fully saturated rings. The molecule has 10 heteroatoms. The average Bonchev–Trinajstić information content (AvgIpc) is 2.99. The normalized spacial score (nSPS) is 29.9. The lowest BCUT2D eigenvalue weighted by atomic mass is 9.79. The van der Waals surface area contributed by atoms with Crippen molar-refractivity contribution >= 4 is 23.7 Å². The molecule has 30 heavy (non-hydrogen) atoms. The summed E-state index contributed by atoms with van der Waals surface area (Å²) in [5.41, 5.74) is -1.37. The van der Waals surface area contributed by atoms with E-state index in [1.165, 1.54) is 30.3 Å². The Kier molecular flexibility index (Phi) is 5.93. The molecule has 0 aromatic heterocycles. The molecule has 0 bridgehead atoms. The zero-order chi connectivity index (χ0) is 22.1. The summed E-state index contributed by atoms with van der Waals surface area (Å²) in [6.07, 6.45) is 0.106. The van der Waals surface area contributed by atoms with Gasteiger partial charge in [-0.3, -0.25) is 10.1 Å². The summed E-state index contributed by atoms with van der Waals surface area (Å²) in [4.78, 5) is 34.6. The third kappa shape index (κ3) is 4.66. The standard InChI is InChI=1S/C20H23NO9/c1-19(2)29-15-11-20(24,18(23)27-3)10-14(17(15)30-19)28-16(22)9-6-12-4-7-13(8-5-12)21(25)26/h4-9,14-15,17,24H,10-11H2,1-3H3/b9-6+/t14-,15-,17+,20-/m1/s1. The third-order valence-corrected chi connectivity index (χ3v) is 5.01. The Hall–Kier alpha value is -2.82. The van der Waals surface area contributed by atoms with Gasteiger partial charge in [-0.25, -0.2) is 9.59 Å². The monoisotopic (exact) mass is 421 g/mol. The van der Waals surface area contributed by atoms with E-state index in [-0.39, 0.29) is 18.5 Å². The summed E-state index contributed by atoms with van der Waals surface area (Å²) in [6.45, 7) is 3.38. The van der Waals surface area contributed by atoms with Crippen LogP contribution in [0.1, 0.15) is 32.3 Å². The molecule has 10 nitrogen and oxygen atoms in total. The van der Waals surface area contributed by atoms with Crippen LogP contribution in [0.5, 0.6) is 0 Å². The molecule has 1 aromatic rings. The van der Waals surface area contributed by atoms with Gasteiger partial charge in [0.1, 0.15) is 12.2 Å². The second-order valence-corrected chi connectivity index (χ2v) is 7.73. The maximum absolute atomic E-state index is 12.3. The molecule has 162 valence electrons. The van der Waals surface area contributed by atoms with Gasteiger partial charge in [0.2, 0.25) is 0 Å². The fraction of sp³-hybridized carbons (Fsp3) is 0.500. The zero-order valence-corrected chi connectivity index (χ0v) is 16.8. The van der Waals surface area contributed by atoms with Crippen LogP contribution in [0, 0.1) is 10.1 Å². The Morgan fingerprint density at radius 3 is 2.50 bits per heavy atom. The Labute approximate surface area is 172 Å². The summed E-state index contributed by atoms with van der Waals surface area (Å²) < 4.78 is 21.7. The van der Waals surface area contributed by atoms with Gasteiger partial charge in [0, 0.05) is 31.1 Å². The van der Waals surface area contributed by atoms with E-state index < -0.39 is 46.6 Å². The Morgan fingerprint density at radius 1 is 1.23 bits per heavy atom. The topological polar surface area (TPSA) is 134 Å². The molecule has 0 unspecified atom stereocenters. The van der Waals surface area contributed by atoms with Gasteiger partial charge in [0.05, 0.1) is 18.1 Å². The zero-order valence-electron chi connectivity index (χ0n) is 16.8. The highest BCUT2D eigenvalue weighted by Crippen LogP contribution is 2.42. The molecule has 3 rings (SSSR count). The van der Waals surface area contributed by atoms with Crippen molar-refractivity contribution in [3.63, 3.8) is 0 Å². The van der Waals surface area contributed by atoms with Crippen LogP contribution in [0.25, 0.3) is 6.08 Å². The Bertz CT molecular complexity index is 864. The van der Waals surface area contributed by atoms with Crippen molar-refractivity contribution < 1.29 is 38.6 Å². The van der Waals surface area contributed by atoms with E-state index in [0.29, 0.717) is 5.56 Å². The van der Waals surface area contributed by atoms with Crippen LogP contribution < -0.4 is 0 Å². The number of rotatable bonds is 5. The van der Waals surface area contributed by atoms with E-state index in [0.717, 1.165) is 13.2 Å². The average molecular weight is 421 g/mol. The second-order valence-electron chi connectivity index (χ2n) is 7.73. The van der Waals surface area contributed by atoms with Gasteiger partial charge in [-0.1, -0.05) is 0 Å². The number of nitrogens with zero attached hydrogens (tertiary/aromatic N) is 1. The molecule has 1 saturated carbocycles. The first-order chi connectivity index (χ1) is 14.0. The quantitative estimate of drug-likeness (QED) is 0.326. The van der Waals surface area contributed by atoms with Crippen molar-refractivity contribution in [3.05, 3.63) is 46.0 Å². The van der Waals surface area contributed by atoms with Gasteiger partial charge in [-0.15, -0.1) is 0 Å². The minimum absolute atomic E-state index is 0.0412. The number of hydrogen-bond donors (Lipinski definition) is 1. The summed E-state index contributed by atoms with van der Waals surface area (Å²) in [6, 6.07) is 5.62. The summed E-state index contributed by atoms with van der Waals surface area (Å²) in [5.74, 6) is -2.52. The smallest absolute Gasteiger partial charge is 0.338 e. The van der Waals surface area contributed by atoms with Crippen molar-refractivity contribution in [1.29, 1.82) is 0 Å². The fourth-order valence-corrected chi connectivity index (χ4v) is 3.73. The first-order valence-electron chi connectivity index (χ1n) is 9.32. The molecule has 2 aliphatic rings. The van der Waals surface area contributed by atoms with Crippen LogP contribution in [-0.2, 0) is 28.5 Å². The predicted molar refractivity (Wildman–Crippen MR) is 102 cm³/mol. The molecule has 4 atom stereocenters. The van der Waals surface area contributed by atoms with Crippen molar-refractivity contribution in [1.82, 2.24) is 0 Å². The number of methoxy groups -OCH3 is 1. The van der Waals surface area contributed by atoms with E-state index in [1.807, 2.05) is 0 Å². The molecular weight excluding hydrogens is 398 g/mol.